The van der Waals surface area contributed by atoms with Gasteiger partial charge in [-0.15, -0.1) is 5.10 Å². The highest BCUT2D eigenvalue weighted by molar-refractivity contribution is 5.76. The second-order valence-electron chi connectivity index (χ2n) is 4.16. The van der Waals surface area contributed by atoms with E-state index < -0.39 is 0 Å². The van der Waals surface area contributed by atoms with Crippen molar-refractivity contribution in [3.63, 3.8) is 0 Å². The lowest BCUT2D eigenvalue weighted by molar-refractivity contribution is -0.122. The van der Waals surface area contributed by atoms with Crippen molar-refractivity contribution in [3.05, 3.63) is 42.0 Å². The second-order valence-corrected chi connectivity index (χ2v) is 4.16. The molecule has 3 N–H and O–H groups in total. The average Bonchev–Trinajstić information content (AvgIpc) is 2.87. The van der Waals surface area contributed by atoms with Gasteiger partial charge in [-0.2, -0.15) is 0 Å². The van der Waals surface area contributed by atoms with Gasteiger partial charge in [-0.1, -0.05) is 11.3 Å². The maximum atomic E-state index is 11.8. The van der Waals surface area contributed by atoms with Crippen molar-refractivity contribution >= 4 is 5.91 Å². The maximum Gasteiger partial charge on any atom is 0.242 e. The van der Waals surface area contributed by atoms with Crippen LogP contribution >= 0.6 is 0 Å². The van der Waals surface area contributed by atoms with Gasteiger partial charge in [0.05, 0.1) is 23.6 Å². The number of pyridine rings is 1. The van der Waals surface area contributed by atoms with E-state index in [0.717, 1.165) is 5.69 Å². The number of aromatic nitrogens is 4. The lowest BCUT2D eigenvalue weighted by atomic mass is 10.2. The summed E-state index contributed by atoms with van der Waals surface area (Å²) in [5, 5.41) is 10.5. The molecule has 1 amide bonds. The van der Waals surface area contributed by atoms with Crippen LogP contribution in [0.5, 0.6) is 0 Å². The number of nitrogens with two attached hydrogens (primary N) is 1. The molecule has 2 heterocycles. The zero-order valence-corrected chi connectivity index (χ0v) is 10.7. The van der Waals surface area contributed by atoms with E-state index in [2.05, 4.69) is 20.6 Å². The number of rotatable bonds is 5. The van der Waals surface area contributed by atoms with Gasteiger partial charge in [0.15, 0.2) is 0 Å². The van der Waals surface area contributed by atoms with Crippen LogP contribution in [-0.4, -0.2) is 25.9 Å². The minimum atomic E-state index is -0.147. The van der Waals surface area contributed by atoms with Crippen molar-refractivity contribution in [2.45, 2.75) is 26.1 Å². The van der Waals surface area contributed by atoms with E-state index in [1.165, 1.54) is 4.68 Å². The maximum absolute atomic E-state index is 11.8. The Hall–Kier alpha value is -2.28. The molecule has 0 aliphatic heterocycles. The van der Waals surface area contributed by atoms with E-state index in [1.807, 2.05) is 25.1 Å². The normalized spacial score (nSPS) is 12.1. The topological polar surface area (TPSA) is 98.7 Å². The SMILES string of the molecule is C[C@@H](NC(=O)Cn1cc(CN)nn1)c1ccccn1. The highest BCUT2D eigenvalue weighted by Gasteiger charge is 2.11. The summed E-state index contributed by atoms with van der Waals surface area (Å²) >= 11 is 0. The molecule has 2 aromatic rings. The summed E-state index contributed by atoms with van der Waals surface area (Å²) in [5.74, 6) is -0.147. The molecule has 0 aromatic carbocycles. The Balaban J connectivity index is 1.91. The summed E-state index contributed by atoms with van der Waals surface area (Å²) in [6.45, 7) is 2.31. The Labute approximate surface area is 110 Å². The molecule has 2 aromatic heterocycles. The standard InChI is InChI=1S/C12H16N6O/c1-9(11-4-2-3-5-14-11)15-12(19)8-18-7-10(6-13)16-17-18/h2-5,7,9H,6,8,13H2,1H3,(H,15,19)/t9-/m1/s1. The first-order valence-electron chi connectivity index (χ1n) is 5.98. The van der Waals surface area contributed by atoms with Crippen LogP contribution in [0.4, 0.5) is 0 Å². The zero-order valence-electron chi connectivity index (χ0n) is 10.7. The van der Waals surface area contributed by atoms with Crippen LogP contribution in [-0.2, 0) is 17.9 Å². The summed E-state index contributed by atoms with van der Waals surface area (Å²) < 4.78 is 1.46. The Kier molecular flexibility index (Phi) is 4.19. The van der Waals surface area contributed by atoms with Crippen LogP contribution in [0.3, 0.4) is 0 Å². The second kappa shape index (κ2) is 6.05. The van der Waals surface area contributed by atoms with Crippen LogP contribution in [0.15, 0.2) is 30.6 Å². The number of carbonyl (C=O) groups excluding carboxylic acids is 1. The fraction of sp³-hybridized carbons (Fsp3) is 0.333. The summed E-state index contributed by atoms with van der Waals surface area (Å²) in [5.41, 5.74) is 6.90. The summed E-state index contributed by atoms with van der Waals surface area (Å²) in [6.07, 6.45) is 3.36. The van der Waals surface area contributed by atoms with Gasteiger partial charge < -0.3 is 11.1 Å². The predicted molar refractivity (Wildman–Crippen MR) is 68.7 cm³/mol. The highest BCUT2D eigenvalue weighted by atomic mass is 16.2. The fourth-order valence-corrected chi connectivity index (χ4v) is 1.65. The third-order valence-corrected chi connectivity index (χ3v) is 2.61. The van der Waals surface area contributed by atoms with E-state index in [-0.39, 0.29) is 18.5 Å². The Morgan fingerprint density at radius 1 is 1.53 bits per heavy atom. The lowest BCUT2D eigenvalue weighted by Gasteiger charge is -2.12. The number of hydrogen-bond acceptors (Lipinski definition) is 5. The number of nitrogens with one attached hydrogen (secondary N) is 1. The largest absolute Gasteiger partial charge is 0.346 e. The van der Waals surface area contributed by atoms with Crippen LogP contribution in [0, 0.1) is 0 Å². The Morgan fingerprint density at radius 3 is 3.00 bits per heavy atom. The average molecular weight is 260 g/mol. The van der Waals surface area contributed by atoms with Gasteiger partial charge in [-0.3, -0.25) is 9.78 Å². The van der Waals surface area contributed by atoms with Crippen molar-refractivity contribution in [1.82, 2.24) is 25.3 Å². The lowest BCUT2D eigenvalue weighted by Crippen LogP contribution is -2.30. The Morgan fingerprint density at radius 2 is 2.37 bits per heavy atom. The van der Waals surface area contributed by atoms with Gasteiger partial charge in [-0.05, 0) is 19.1 Å². The minimum absolute atomic E-state index is 0.115. The number of nitrogens with zero attached hydrogens (tertiary/aromatic N) is 4. The molecule has 0 saturated carbocycles. The first kappa shape index (κ1) is 13.2. The first-order valence-corrected chi connectivity index (χ1v) is 5.98. The van der Waals surface area contributed by atoms with Gasteiger partial charge in [0, 0.05) is 12.7 Å². The van der Waals surface area contributed by atoms with Crippen LogP contribution in [0.2, 0.25) is 0 Å². The third-order valence-electron chi connectivity index (χ3n) is 2.61. The van der Waals surface area contributed by atoms with Gasteiger partial charge in [-0.25, -0.2) is 4.68 Å². The monoisotopic (exact) mass is 260 g/mol. The van der Waals surface area contributed by atoms with Crippen molar-refractivity contribution < 1.29 is 4.79 Å². The van der Waals surface area contributed by atoms with Gasteiger partial charge in [0.1, 0.15) is 6.54 Å². The van der Waals surface area contributed by atoms with E-state index >= 15 is 0 Å². The molecule has 0 aliphatic carbocycles. The molecule has 0 spiro atoms. The fourth-order valence-electron chi connectivity index (χ4n) is 1.65. The summed E-state index contributed by atoms with van der Waals surface area (Å²) in [4.78, 5) is 16.0. The molecule has 0 saturated heterocycles. The molecule has 7 nitrogen and oxygen atoms in total. The van der Waals surface area contributed by atoms with Crippen LogP contribution in [0.1, 0.15) is 24.4 Å². The van der Waals surface area contributed by atoms with Crippen molar-refractivity contribution in [2.75, 3.05) is 0 Å². The molecule has 2 rings (SSSR count). The first-order chi connectivity index (χ1) is 9.19. The van der Waals surface area contributed by atoms with Gasteiger partial charge in [0.2, 0.25) is 5.91 Å². The van der Waals surface area contributed by atoms with Crippen LogP contribution in [0.25, 0.3) is 0 Å². The molecule has 0 bridgehead atoms. The molecular formula is C12H16N6O. The molecule has 7 heteroatoms. The number of amides is 1. The third kappa shape index (κ3) is 3.59. The van der Waals surface area contributed by atoms with Crippen LogP contribution < -0.4 is 11.1 Å². The quantitative estimate of drug-likeness (QED) is 0.789. The molecule has 100 valence electrons. The molecule has 0 fully saturated rings. The van der Waals surface area contributed by atoms with E-state index in [9.17, 15) is 4.79 Å². The number of carbonyl (C=O) groups is 1. The Bertz CT molecular complexity index is 538. The van der Waals surface area contributed by atoms with Crippen molar-refractivity contribution in [1.29, 1.82) is 0 Å². The minimum Gasteiger partial charge on any atom is -0.346 e. The van der Waals surface area contributed by atoms with E-state index in [4.69, 9.17) is 5.73 Å². The van der Waals surface area contributed by atoms with Crippen molar-refractivity contribution in [2.24, 2.45) is 5.73 Å². The smallest absolute Gasteiger partial charge is 0.242 e. The summed E-state index contributed by atoms with van der Waals surface area (Å²) in [6, 6.07) is 5.44. The molecule has 19 heavy (non-hydrogen) atoms. The van der Waals surface area contributed by atoms with Gasteiger partial charge >= 0.3 is 0 Å². The van der Waals surface area contributed by atoms with Gasteiger partial charge in [0.25, 0.3) is 0 Å². The molecule has 0 aliphatic rings. The van der Waals surface area contributed by atoms with E-state index in [0.29, 0.717) is 12.2 Å². The predicted octanol–water partition coefficient (Wildman–Crippen LogP) is 0.00920. The molecule has 0 radical (unpaired) electrons. The summed E-state index contributed by atoms with van der Waals surface area (Å²) in [7, 11) is 0. The number of hydrogen-bond donors (Lipinski definition) is 2. The highest BCUT2D eigenvalue weighted by Crippen LogP contribution is 2.07. The molecule has 1 atom stereocenters. The zero-order chi connectivity index (χ0) is 13.7. The van der Waals surface area contributed by atoms with Crippen molar-refractivity contribution in [3.8, 4) is 0 Å². The molecule has 0 unspecified atom stereocenters. The van der Waals surface area contributed by atoms with E-state index in [1.54, 1.807) is 12.4 Å². The molecular weight excluding hydrogens is 244 g/mol.